The average molecular weight is 151 g/mol. The average Bonchev–Trinajstić information content (AvgIpc) is 1.59. The molecule has 0 bridgehead atoms. The van der Waals surface area contributed by atoms with Crippen molar-refractivity contribution in [3.8, 4) is 0 Å². The molecule has 0 unspecified atom stereocenters. The molecule has 0 spiro atoms. The highest BCUT2D eigenvalue weighted by Crippen LogP contribution is 2.00. The van der Waals surface area contributed by atoms with E-state index in [0.717, 1.165) is 0 Å². The van der Waals surface area contributed by atoms with E-state index in [4.69, 9.17) is 0 Å². The van der Waals surface area contributed by atoms with Crippen molar-refractivity contribution in [1.82, 2.24) is 0 Å². The lowest BCUT2D eigenvalue weighted by Gasteiger charge is -2.07. The minimum atomic E-state index is -3.97. The summed E-state index contributed by atoms with van der Waals surface area (Å²) in [7, 11) is -3.97. The Morgan fingerprint density at radius 1 is 1.44 bits per heavy atom. The smallest absolute Gasteiger partial charge is 0.0946 e. The molecule has 4 heteroatoms. The predicted molar refractivity (Wildman–Crippen MR) is 34.0 cm³/mol. The normalized spacial score (nSPS) is 12.4. The predicted octanol–water partition coefficient (Wildman–Crippen LogP) is 0.578. The molecule has 0 radical (unpaired) electrons. The van der Waals surface area contributed by atoms with E-state index in [1.807, 2.05) is 13.8 Å². The maximum Gasteiger partial charge on any atom is 0.0946 e. The molecule has 0 heterocycles. The molecule has 0 aromatic carbocycles. The molecule has 0 fully saturated rings. The Labute approximate surface area is 55.8 Å². The minimum Gasteiger partial charge on any atom is -0.748 e. The second kappa shape index (κ2) is 3.17. The van der Waals surface area contributed by atoms with Gasteiger partial charge in [-0.2, -0.15) is 0 Å². The van der Waals surface area contributed by atoms with Crippen molar-refractivity contribution < 1.29 is 13.0 Å². The van der Waals surface area contributed by atoms with Gasteiger partial charge in [0, 0.05) is 5.75 Å². The van der Waals surface area contributed by atoms with Gasteiger partial charge in [-0.1, -0.05) is 13.8 Å². The van der Waals surface area contributed by atoms with Gasteiger partial charge in [-0.15, -0.1) is 0 Å². The first-order chi connectivity index (χ1) is 3.92. The second-order valence-corrected chi connectivity index (χ2v) is 3.97. The maximum absolute atomic E-state index is 9.98. The lowest BCUT2D eigenvalue weighted by atomic mass is 10.2. The Bertz CT molecular complexity index is 157. The van der Waals surface area contributed by atoms with Crippen LogP contribution in [0.2, 0.25) is 0 Å². The fourth-order valence-electron chi connectivity index (χ4n) is 0.380. The maximum atomic E-state index is 9.98. The standard InChI is InChI=1S/C5H12O3S/c1-5(2)3-4-9(6,7)8/h5H,3-4H2,1-2H3,(H,6,7,8)/p-1. The molecule has 0 aliphatic carbocycles. The molecule has 0 amide bonds. The first-order valence-corrected chi connectivity index (χ1v) is 4.43. The summed E-state index contributed by atoms with van der Waals surface area (Å²) in [6.07, 6.45) is 0.464. The van der Waals surface area contributed by atoms with Crippen LogP contribution in [-0.2, 0) is 10.1 Å². The van der Waals surface area contributed by atoms with E-state index in [9.17, 15) is 13.0 Å². The van der Waals surface area contributed by atoms with Gasteiger partial charge in [-0.05, 0) is 12.3 Å². The Morgan fingerprint density at radius 3 is 2.00 bits per heavy atom. The Morgan fingerprint density at radius 2 is 1.89 bits per heavy atom. The van der Waals surface area contributed by atoms with Crippen LogP contribution >= 0.6 is 0 Å². The van der Waals surface area contributed by atoms with Gasteiger partial charge in [0.2, 0.25) is 0 Å². The Balaban J connectivity index is 3.53. The van der Waals surface area contributed by atoms with Gasteiger partial charge in [-0.3, -0.25) is 0 Å². The van der Waals surface area contributed by atoms with E-state index in [1.54, 1.807) is 0 Å². The van der Waals surface area contributed by atoms with Gasteiger partial charge in [0.05, 0.1) is 10.1 Å². The van der Waals surface area contributed by atoms with Crippen LogP contribution in [0.5, 0.6) is 0 Å². The van der Waals surface area contributed by atoms with Crippen molar-refractivity contribution in [2.75, 3.05) is 5.75 Å². The molecule has 3 nitrogen and oxygen atoms in total. The Hall–Kier alpha value is -0.0900. The van der Waals surface area contributed by atoms with Crippen molar-refractivity contribution in [3.05, 3.63) is 0 Å². The summed E-state index contributed by atoms with van der Waals surface area (Å²) in [4.78, 5) is 0. The van der Waals surface area contributed by atoms with Crippen LogP contribution in [-0.4, -0.2) is 18.7 Å². The molecule has 0 rings (SSSR count). The molecule has 0 N–H and O–H groups in total. The highest BCUT2D eigenvalue weighted by atomic mass is 32.2. The second-order valence-electron chi connectivity index (χ2n) is 2.44. The van der Waals surface area contributed by atoms with Crippen LogP contribution in [0.15, 0.2) is 0 Å². The summed E-state index contributed by atoms with van der Waals surface area (Å²) in [5.41, 5.74) is 0. The summed E-state index contributed by atoms with van der Waals surface area (Å²) in [5, 5.41) is 0. The summed E-state index contributed by atoms with van der Waals surface area (Å²) in [5.74, 6) is 0.0544. The molecule has 0 aliphatic heterocycles. The third-order valence-corrected chi connectivity index (χ3v) is 1.68. The summed E-state index contributed by atoms with van der Waals surface area (Å²) >= 11 is 0. The third-order valence-electron chi connectivity index (χ3n) is 0.945. The van der Waals surface area contributed by atoms with Crippen molar-refractivity contribution in [1.29, 1.82) is 0 Å². The van der Waals surface area contributed by atoms with E-state index < -0.39 is 10.1 Å². The molecule has 0 saturated carbocycles. The molecule has 0 saturated heterocycles. The SMILES string of the molecule is CC(C)CCS(=O)(=O)[O-]. The molecular formula is C5H11O3S-. The molecule has 0 atom stereocenters. The van der Waals surface area contributed by atoms with Crippen LogP contribution in [0.1, 0.15) is 20.3 Å². The molecule has 0 aromatic heterocycles. The zero-order chi connectivity index (χ0) is 7.49. The van der Waals surface area contributed by atoms with Gasteiger partial charge in [-0.25, -0.2) is 8.42 Å². The van der Waals surface area contributed by atoms with E-state index in [-0.39, 0.29) is 11.7 Å². The third kappa shape index (κ3) is 7.91. The van der Waals surface area contributed by atoms with Crippen molar-refractivity contribution in [3.63, 3.8) is 0 Å². The van der Waals surface area contributed by atoms with Crippen LogP contribution in [0.4, 0.5) is 0 Å². The Kier molecular flexibility index (Phi) is 3.14. The zero-order valence-electron chi connectivity index (χ0n) is 5.62. The molecule has 0 aromatic rings. The quantitative estimate of drug-likeness (QED) is 0.554. The highest BCUT2D eigenvalue weighted by molar-refractivity contribution is 7.85. The molecule has 0 aliphatic rings. The molecule has 9 heavy (non-hydrogen) atoms. The lowest BCUT2D eigenvalue weighted by Crippen LogP contribution is -2.06. The first kappa shape index (κ1) is 8.91. The van der Waals surface area contributed by atoms with Crippen LogP contribution < -0.4 is 0 Å². The van der Waals surface area contributed by atoms with Gasteiger partial charge >= 0.3 is 0 Å². The van der Waals surface area contributed by atoms with Gasteiger partial charge < -0.3 is 4.55 Å². The monoisotopic (exact) mass is 151 g/mol. The fourth-order valence-corrected chi connectivity index (χ4v) is 1.14. The van der Waals surface area contributed by atoms with E-state index in [1.165, 1.54) is 0 Å². The summed E-state index contributed by atoms with van der Waals surface area (Å²) < 4.78 is 29.9. The van der Waals surface area contributed by atoms with Crippen LogP contribution in [0, 0.1) is 5.92 Å². The van der Waals surface area contributed by atoms with Crippen molar-refractivity contribution >= 4 is 10.1 Å². The van der Waals surface area contributed by atoms with Crippen LogP contribution in [0.25, 0.3) is 0 Å². The van der Waals surface area contributed by atoms with Gasteiger partial charge in [0.25, 0.3) is 0 Å². The zero-order valence-corrected chi connectivity index (χ0v) is 6.44. The number of rotatable bonds is 3. The number of hydrogen-bond acceptors (Lipinski definition) is 3. The fraction of sp³-hybridized carbons (Fsp3) is 1.00. The van der Waals surface area contributed by atoms with Crippen molar-refractivity contribution in [2.45, 2.75) is 20.3 Å². The van der Waals surface area contributed by atoms with Crippen molar-refractivity contribution in [2.24, 2.45) is 5.92 Å². The largest absolute Gasteiger partial charge is 0.748 e. The van der Waals surface area contributed by atoms with Gasteiger partial charge in [0.1, 0.15) is 0 Å². The number of hydrogen-bond donors (Lipinski definition) is 0. The van der Waals surface area contributed by atoms with E-state index in [0.29, 0.717) is 6.42 Å². The van der Waals surface area contributed by atoms with Crippen LogP contribution in [0.3, 0.4) is 0 Å². The van der Waals surface area contributed by atoms with E-state index >= 15 is 0 Å². The minimum absolute atomic E-state index is 0.231. The van der Waals surface area contributed by atoms with Gasteiger partial charge in [0.15, 0.2) is 0 Å². The lowest BCUT2D eigenvalue weighted by molar-refractivity contribution is 0.455. The first-order valence-electron chi connectivity index (χ1n) is 2.85. The summed E-state index contributed by atoms with van der Waals surface area (Å²) in [6, 6.07) is 0. The topological polar surface area (TPSA) is 57.2 Å². The van der Waals surface area contributed by atoms with E-state index in [2.05, 4.69) is 0 Å². The molecular weight excluding hydrogens is 140 g/mol. The summed E-state index contributed by atoms with van der Waals surface area (Å²) in [6.45, 7) is 3.76. The highest BCUT2D eigenvalue weighted by Gasteiger charge is 1.97. The molecule has 56 valence electrons.